The number of aryl methyl sites for hydroxylation is 2. The molecular weight excluding hydrogens is 403 g/mol. The Morgan fingerprint density at radius 3 is 2.32 bits per heavy atom. The minimum absolute atomic E-state index is 0. The molecule has 2 rings (SSSR count). The highest BCUT2D eigenvalue weighted by atomic mass is 127. The lowest BCUT2D eigenvalue weighted by Crippen LogP contribution is -3.00. The monoisotopic (exact) mass is 426 g/mol. The van der Waals surface area contributed by atoms with Crippen LogP contribution in [0.5, 0.6) is 0 Å². The average molecular weight is 426 g/mol. The standard InChI is InChI=1S/C18H22N2S.HI/c1-15-14-17(10-11-19(15)2)5-4-16-6-8-18(9-7-16)20(3)12-13-21;/h4-11,14H,12-13H2,1-3H3;1H. The van der Waals surface area contributed by atoms with Gasteiger partial charge in [-0.25, -0.2) is 4.57 Å². The van der Waals surface area contributed by atoms with Crippen LogP contribution in [0, 0.1) is 6.92 Å². The third kappa shape index (κ3) is 5.32. The molecule has 0 saturated heterocycles. The fourth-order valence-electron chi connectivity index (χ4n) is 2.12. The fraction of sp³-hybridized carbons (Fsp3) is 0.278. The van der Waals surface area contributed by atoms with Gasteiger partial charge in [0.05, 0.1) is 0 Å². The Kier molecular flexibility index (Phi) is 7.96. The van der Waals surface area contributed by atoms with Crippen LogP contribution in [0.1, 0.15) is 16.8 Å². The van der Waals surface area contributed by atoms with Crippen LogP contribution < -0.4 is 33.4 Å². The fourth-order valence-corrected chi connectivity index (χ4v) is 2.42. The summed E-state index contributed by atoms with van der Waals surface area (Å²) < 4.78 is 2.11. The first-order chi connectivity index (χ1) is 10.1. The van der Waals surface area contributed by atoms with E-state index in [1.165, 1.54) is 22.5 Å². The first-order valence-electron chi connectivity index (χ1n) is 7.16. The lowest BCUT2D eigenvalue weighted by Gasteiger charge is -2.17. The second-order valence-electron chi connectivity index (χ2n) is 5.28. The number of halogens is 1. The SMILES string of the molecule is Cc1cc(/C=C/c2ccc(N(C)CCS)cc2)cc[n+]1C.[I-]. The molecule has 0 N–H and O–H groups in total. The lowest BCUT2D eigenvalue weighted by molar-refractivity contribution is -0.677. The average Bonchev–Trinajstić information content (AvgIpc) is 2.49. The van der Waals surface area contributed by atoms with Crippen molar-refractivity contribution < 1.29 is 28.5 Å². The van der Waals surface area contributed by atoms with Crippen molar-refractivity contribution in [1.82, 2.24) is 0 Å². The second kappa shape index (κ2) is 9.20. The summed E-state index contributed by atoms with van der Waals surface area (Å²) in [6, 6.07) is 12.9. The molecule has 118 valence electrons. The molecule has 0 amide bonds. The minimum Gasteiger partial charge on any atom is -1.00 e. The summed E-state index contributed by atoms with van der Waals surface area (Å²) in [6.07, 6.45) is 6.39. The van der Waals surface area contributed by atoms with E-state index in [0.29, 0.717) is 0 Å². The topological polar surface area (TPSA) is 7.12 Å². The van der Waals surface area contributed by atoms with Crippen LogP contribution in [0.3, 0.4) is 0 Å². The molecular formula is C18H23IN2S. The van der Waals surface area contributed by atoms with Crippen LogP contribution in [0.25, 0.3) is 12.2 Å². The van der Waals surface area contributed by atoms with Gasteiger partial charge in [-0.15, -0.1) is 0 Å². The molecule has 0 unspecified atom stereocenters. The van der Waals surface area contributed by atoms with Crippen molar-refractivity contribution in [3.05, 3.63) is 59.4 Å². The molecule has 0 aliphatic carbocycles. The summed E-state index contributed by atoms with van der Waals surface area (Å²) in [5, 5.41) is 0. The molecule has 1 heterocycles. The highest BCUT2D eigenvalue weighted by Gasteiger charge is 2.00. The molecule has 0 atom stereocenters. The normalized spacial score (nSPS) is 10.5. The molecule has 22 heavy (non-hydrogen) atoms. The molecule has 2 aromatic rings. The number of hydrogen-bond donors (Lipinski definition) is 1. The zero-order valence-electron chi connectivity index (χ0n) is 13.3. The Labute approximate surface area is 156 Å². The Morgan fingerprint density at radius 1 is 1.09 bits per heavy atom. The van der Waals surface area contributed by atoms with E-state index in [1.54, 1.807) is 0 Å². The quantitative estimate of drug-likeness (QED) is 0.412. The molecule has 0 fully saturated rings. The van der Waals surface area contributed by atoms with E-state index in [0.717, 1.165) is 12.3 Å². The van der Waals surface area contributed by atoms with Crippen LogP contribution in [0.15, 0.2) is 42.6 Å². The zero-order valence-corrected chi connectivity index (χ0v) is 16.4. The van der Waals surface area contributed by atoms with E-state index in [4.69, 9.17) is 0 Å². The Morgan fingerprint density at radius 2 is 1.73 bits per heavy atom. The smallest absolute Gasteiger partial charge is 0.178 e. The van der Waals surface area contributed by atoms with Gasteiger partial charge in [0.1, 0.15) is 7.05 Å². The van der Waals surface area contributed by atoms with Gasteiger partial charge in [-0.1, -0.05) is 24.3 Å². The molecule has 1 aromatic heterocycles. The van der Waals surface area contributed by atoms with Gasteiger partial charge < -0.3 is 28.9 Å². The predicted octanol–water partition coefficient (Wildman–Crippen LogP) is 0.360. The first-order valence-corrected chi connectivity index (χ1v) is 7.80. The summed E-state index contributed by atoms with van der Waals surface area (Å²) in [6.45, 7) is 3.07. The first kappa shape index (κ1) is 19.0. The molecule has 0 aliphatic heterocycles. The predicted molar refractivity (Wildman–Crippen MR) is 94.8 cm³/mol. The van der Waals surface area contributed by atoms with Crippen molar-refractivity contribution >= 4 is 30.5 Å². The number of nitrogens with zero attached hydrogens (tertiary/aromatic N) is 2. The summed E-state index contributed by atoms with van der Waals surface area (Å²) in [4.78, 5) is 2.21. The molecule has 4 heteroatoms. The number of thiol groups is 1. The van der Waals surface area contributed by atoms with Gasteiger partial charge in [-0.05, 0) is 23.3 Å². The van der Waals surface area contributed by atoms with Gasteiger partial charge in [0, 0.05) is 44.1 Å². The maximum absolute atomic E-state index is 4.27. The van der Waals surface area contributed by atoms with E-state index in [-0.39, 0.29) is 24.0 Å². The van der Waals surface area contributed by atoms with Gasteiger partial charge in [0.2, 0.25) is 0 Å². The molecule has 0 aliphatic rings. The van der Waals surface area contributed by atoms with Crippen LogP contribution in [-0.4, -0.2) is 19.3 Å². The Bertz CT molecular complexity index is 623. The molecule has 0 saturated carbocycles. The van der Waals surface area contributed by atoms with E-state index >= 15 is 0 Å². The summed E-state index contributed by atoms with van der Waals surface area (Å²) in [5.41, 5.74) is 4.91. The van der Waals surface area contributed by atoms with Gasteiger partial charge in [-0.2, -0.15) is 12.6 Å². The minimum atomic E-state index is 0. The molecule has 2 nitrogen and oxygen atoms in total. The number of rotatable bonds is 5. The third-order valence-electron chi connectivity index (χ3n) is 3.66. The highest BCUT2D eigenvalue weighted by Crippen LogP contribution is 2.15. The number of anilines is 1. The largest absolute Gasteiger partial charge is 1.00 e. The third-order valence-corrected chi connectivity index (χ3v) is 3.86. The molecule has 1 aromatic carbocycles. The van der Waals surface area contributed by atoms with E-state index in [2.05, 4.69) is 97.9 Å². The molecule has 0 radical (unpaired) electrons. The van der Waals surface area contributed by atoms with E-state index in [9.17, 15) is 0 Å². The van der Waals surface area contributed by atoms with Crippen molar-refractivity contribution in [3.63, 3.8) is 0 Å². The summed E-state index contributed by atoms with van der Waals surface area (Å²) in [7, 11) is 4.15. The lowest BCUT2D eigenvalue weighted by atomic mass is 10.1. The van der Waals surface area contributed by atoms with Crippen molar-refractivity contribution in [1.29, 1.82) is 0 Å². The highest BCUT2D eigenvalue weighted by molar-refractivity contribution is 7.80. The number of benzene rings is 1. The summed E-state index contributed by atoms with van der Waals surface area (Å²) >= 11 is 4.27. The number of aromatic nitrogens is 1. The van der Waals surface area contributed by atoms with Gasteiger partial charge >= 0.3 is 0 Å². The molecule has 0 bridgehead atoms. The second-order valence-corrected chi connectivity index (χ2v) is 5.73. The van der Waals surface area contributed by atoms with Crippen molar-refractivity contribution in [2.45, 2.75) is 6.92 Å². The molecule has 0 spiro atoms. The van der Waals surface area contributed by atoms with E-state index in [1.807, 2.05) is 0 Å². The number of hydrogen-bond acceptors (Lipinski definition) is 2. The maximum atomic E-state index is 4.27. The summed E-state index contributed by atoms with van der Waals surface area (Å²) in [5.74, 6) is 0.864. The maximum Gasteiger partial charge on any atom is 0.178 e. The van der Waals surface area contributed by atoms with Crippen LogP contribution in [0.2, 0.25) is 0 Å². The van der Waals surface area contributed by atoms with Crippen LogP contribution in [0.4, 0.5) is 5.69 Å². The Hall–Kier alpha value is -1.01. The van der Waals surface area contributed by atoms with Crippen molar-refractivity contribution in [3.8, 4) is 0 Å². The van der Waals surface area contributed by atoms with Gasteiger partial charge in [0.25, 0.3) is 0 Å². The van der Waals surface area contributed by atoms with Crippen molar-refractivity contribution in [2.24, 2.45) is 7.05 Å². The van der Waals surface area contributed by atoms with Crippen LogP contribution in [-0.2, 0) is 7.05 Å². The van der Waals surface area contributed by atoms with E-state index < -0.39 is 0 Å². The van der Waals surface area contributed by atoms with Crippen LogP contribution >= 0.6 is 12.6 Å². The Balaban J connectivity index is 0.00000242. The zero-order chi connectivity index (χ0) is 15.2. The van der Waals surface area contributed by atoms with Crippen molar-refractivity contribution in [2.75, 3.05) is 24.2 Å². The van der Waals surface area contributed by atoms with Gasteiger partial charge in [0.15, 0.2) is 11.9 Å². The number of pyridine rings is 1. The van der Waals surface area contributed by atoms with Gasteiger partial charge in [-0.3, -0.25) is 0 Å².